The maximum absolute atomic E-state index is 13.9. The molecule has 0 amide bonds. The van der Waals surface area contributed by atoms with Crippen molar-refractivity contribution in [2.45, 2.75) is 25.4 Å². The van der Waals surface area contributed by atoms with E-state index in [-0.39, 0.29) is 18.7 Å². The number of nitrogens with one attached hydrogen (secondary N) is 1. The third kappa shape index (κ3) is 4.62. The number of pyridine rings is 1. The molecule has 3 aromatic rings. The highest BCUT2D eigenvalue weighted by Gasteiger charge is 2.51. The van der Waals surface area contributed by atoms with Crippen molar-refractivity contribution >= 4 is 23.2 Å². The van der Waals surface area contributed by atoms with Gasteiger partial charge in [-0.25, -0.2) is 22.9 Å². The van der Waals surface area contributed by atoms with Crippen molar-refractivity contribution in [3.63, 3.8) is 0 Å². The minimum absolute atomic E-state index is 0.0369. The Balaban J connectivity index is 1.41. The van der Waals surface area contributed by atoms with E-state index in [4.69, 9.17) is 5.11 Å². The fourth-order valence-electron chi connectivity index (χ4n) is 3.78. The number of carboxylic acid groups (broad SMARTS) is 1. The molecule has 0 radical (unpaired) electrons. The average Bonchev–Trinajstić information content (AvgIpc) is 2.77. The Morgan fingerprint density at radius 3 is 2.29 bits per heavy atom. The summed E-state index contributed by atoms with van der Waals surface area (Å²) in [4.78, 5) is 16.8. The van der Waals surface area contributed by atoms with Gasteiger partial charge in [0.05, 0.1) is 13.1 Å². The van der Waals surface area contributed by atoms with E-state index in [1.54, 1.807) is 30.2 Å². The zero-order chi connectivity index (χ0) is 24.7. The molecule has 1 aliphatic heterocycles. The first-order chi connectivity index (χ1) is 16.0. The highest BCUT2D eigenvalue weighted by molar-refractivity contribution is 5.82. The van der Waals surface area contributed by atoms with Crippen molar-refractivity contribution in [1.82, 2.24) is 4.98 Å². The predicted molar refractivity (Wildman–Crippen MR) is 127 cm³/mol. The van der Waals surface area contributed by atoms with E-state index in [1.165, 1.54) is 12.1 Å². The van der Waals surface area contributed by atoms with Crippen LogP contribution in [0.15, 0.2) is 67.4 Å². The van der Waals surface area contributed by atoms with Gasteiger partial charge < -0.3 is 15.3 Å². The first kappa shape index (κ1) is 23.4. The second-order valence-corrected chi connectivity index (χ2v) is 8.63. The molecule has 0 bridgehead atoms. The molecule has 2 heterocycles. The summed E-state index contributed by atoms with van der Waals surface area (Å²) in [6.07, 6.45) is 1.66. The Morgan fingerprint density at radius 1 is 1.12 bits per heavy atom. The smallest absolute Gasteiger partial charge is 0.345 e. The lowest BCUT2D eigenvalue weighted by Gasteiger charge is -2.42. The lowest BCUT2D eigenvalue weighted by molar-refractivity contribution is -0.152. The number of anilines is 2. The Hall–Kier alpha value is -3.81. The summed E-state index contributed by atoms with van der Waals surface area (Å²) in [6.45, 7) is 6.25. The van der Waals surface area contributed by atoms with Gasteiger partial charge in [-0.3, -0.25) is 0 Å². The van der Waals surface area contributed by atoms with Crippen LogP contribution in [0, 0.1) is 6.92 Å². The van der Waals surface area contributed by atoms with Crippen molar-refractivity contribution in [2.24, 2.45) is 0 Å². The van der Waals surface area contributed by atoms with E-state index in [0.717, 1.165) is 23.6 Å². The molecule has 0 saturated carbocycles. The SMILES string of the molecule is C=C(Nc1ccc(C(C)(F)F)cc1C)c1ccc(-c2ccc(N3CC(F)(C(=O)O)C3)nc2)cc1. The van der Waals surface area contributed by atoms with Crippen LogP contribution in [0.2, 0.25) is 0 Å². The third-order valence-corrected chi connectivity index (χ3v) is 5.92. The van der Waals surface area contributed by atoms with Crippen molar-refractivity contribution in [1.29, 1.82) is 0 Å². The number of aromatic nitrogens is 1. The van der Waals surface area contributed by atoms with E-state index >= 15 is 0 Å². The van der Waals surface area contributed by atoms with Gasteiger partial charge in [0.15, 0.2) is 0 Å². The summed E-state index contributed by atoms with van der Waals surface area (Å²) in [5.41, 5.74) is 2.38. The fraction of sp³-hybridized carbons (Fsp3) is 0.231. The highest BCUT2D eigenvalue weighted by Crippen LogP contribution is 2.32. The second kappa shape index (κ2) is 8.52. The summed E-state index contributed by atoms with van der Waals surface area (Å²) in [5, 5.41) is 12.1. The zero-order valence-electron chi connectivity index (χ0n) is 18.8. The van der Waals surface area contributed by atoms with E-state index in [1.807, 2.05) is 30.3 Å². The monoisotopic (exact) mass is 467 g/mol. The number of carbonyl (C=O) groups is 1. The van der Waals surface area contributed by atoms with E-state index in [2.05, 4.69) is 16.9 Å². The van der Waals surface area contributed by atoms with Crippen molar-refractivity contribution in [3.8, 4) is 11.1 Å². The van der Waals surface area contributed by atoms with Gasteiger partial charge in [-0.05, 0) is 47.9 Å². The number of rotatable bonds is 7. The van der Waals surface area contributed by atoms with Crippen LogP contribution in [-0.2, 0) is 10.7 Å². The van der Waals surface area contributed by atoms with Crippen LogP contribution in [0.1, 0.15) is 23.6 Å². The Bertz CT molecular complexity index is 1230. The Labute approximate surface area is 195 Å². The number of alkyl halides is 3. The number of nitrogens with zero attached hydrogens (tertiary/aromatic N) is 2. The van der Waals surface area contributed by atoms with Gasteiger partial charge in [0.2, 0.25) is 5.67 Å². The van der Waals surface area contributed by atoms with Crippen molar-refractivity contribution in [2.75, 3.05) is 23.3 Å². The lowest BCUT2D eigenvalue weighted by Crippen LogP contribution is -2.63. The molecule has 8 heteroatoms. The van der Waals surface area contributed by atoms with Crippen molar-refractivity contribution < 1.29 is 23.1 Å². The molecule has 1 aromatic heterocycles. The summed E-state index contributed by atoms with van der Waals surface area (Å²) in [6, 6.07) is 15.7. The Morgan fingerprint density at radius 2 is 1.76 bits per heavy atom. The number of hydrogen-bond acceptors (Lipinski definition) is 4. The number of hydrogen-bond donors (Lipinski definition) is 2. The average molecular weight is 467 g/mol. The summed E-state index contributed by atoms with van der Waals surface area (Å²) < 4.78 is 41.0. The summed E-state index contributed by atoms with van der Waals surface area (Å²) in [5.74, 6) is -3.82. The lowest BCUT2D eigenvalue weighted by atomic mass is 9.96. The maximum atomic E-state index is 13.9. The van der Waals surface area contributed by atoms with Crippen molar-refractivity contribution in [3.05, 3.63) is 84.1 Å². The van der Waals surface area contributed by atoms with Crippen LogP contribution >= 0.6 is 0 Å². The standard InChI is InChI=1S/C26H24F3N3O2/c1-16-12-21(25(3,27)28)9-10-22(16)31-17(2)18-4-6-19(7-5-18)20-8-11-23(30-13-20)32-14-26(29,15-32)24(33)34/h4-13,31H,2,14-15H2,1,3H3,(H,33,34). The number of aliphatic carboxylic acids is 1. The van der Waals surface area contributed by atoms with Gasteiger partial charge in [0, 0.05) is 35.6 Å². The van der Waals surface area contributed by atoms with Crippen LogP contribution in [0.4, 0.5) is 24.7 Å². The van der Waals surface area contributed by atoms with Crippen LogP contribution in [0.3, 0.4) is 0 Å². The van der Waals surface area contributed by atoms with Crippen LogP contribution in [0.5, 0.6) is 0 Å². The predicted octanol–water partition coefficient (Wildman–Crippen LogP) is 5.86. The maximum Gasteiger partial charge on any atom is 0.345 e. The van der Waals surface area contributed by atoms with Gasteiger partial charge in [-0.2, -0.15) is 0 Å². The second-order valence-electron chi connectivity index (χ2n) is 8.63. The molecular weight excluding hydrogens is 443 g/mol. The van der Waals surface area contributed by atoms with Crippen LogP contribution in [0.25, 0.3) is 16.8 Å². The van der Waals surface area contributed by atoms with Crippen LogP contribution in [-0.4, -0.2) is 34.8 Å². The molecule has 0 aliphatic carbocycles. The molecule has 4 rings (SSSR count). The van der Waals surface area contributed by atoms with Gasteiger partial charge in [-0.15, -0.1) is 0 Å². The molecule has 0 spiro atoms. The van der Waals surface area contributed by atoms with Gasteiger partial charge >= 0.3 is 5.97 Å². The summed E-state index contributed by atoms with van der Waals surface area (Å²) in [7, 11) is 0. The number of halogens is 3. The quantitative estimate of drug-likeness (QED) is 0.455. The molecule has 1 aliphatic rings. The highest BCUT2D eigenvalue weighted by atomic mass is 19.3. The molecule has 1 saturated heterocycles. The number of benzene rings is 2. The minimum Gasteiger partial charge on any atom is -0.479 e. The topological polar surface area (TPSA) is 65.5 Å². The largest absolute Gasteiger partial charge is 0.479 e. The van der Waals surface area contributed by atoms with Gasteiger partial charge in [0.25, 0.3) is 5.92 Å². The fourth-order valence-corrected chi connectivity index (χ4v) is 3.78. The molecule has 1 fully saturated rings. The first-order valence-electron chi connectivity index (χ1n) is 10.7. The Kier molecular flexibility index (Phi) is 5.85. The van der Waals surface area contributed by atoms with Gasteiger partial charge in [0.1, 0.15) is 5.82 Å². The molecule has 2 N–H and O–H groups in total. The molecule has 34 heavy (non-hydrogen) atoms. The first-order valence-corrected chi connectivity index (χ1v) is 10.7. The number of aryl methyl sites for hydroxylation is 1. The summed E-state index contributed by atoms with van der Waals surface area (Å²) >= 11 is 0. The van der Waals surface area contributed by atoms with Gasteiger partial charge in [-0.1, -0.05) is 36.9 Å². The molecule has 2 aromatic carbocycles. The van der Waals surface area contributed by atoms with E-state index in [0.29, 0.717) is 22.8 Å². The molecule has 176 valence electrons. The third-order valence-electron chi connectivity index (χ3n) is 5.92. The van der Waals surface area contributed by atoms with Crippen LogP contribution < -0.4 is 10.2 Å². The normalized spacial score (nSPS) is 14.9. The van der Waals surface area contributed by atoms with E-state index in [9.17, 15) is 18.0 Å². The zero-order valence-corrected chi connectivity index (χ0v) is 18.8. The molecule has 0 atom stereocenters. The molecule has 5 nitrogen and oxygen atoms in total. The minimum atomic E-state index is -2.89. The van der Waals surface area contributed by atoms with E-state index < -0.39 is 17.6 Å². The number of carboxylic acids is 1. The molecule has 0 unspecified atom stereocenters. The molecular formula is C26H24F3N3O2.